The van der Waals surface area contributed by atoms with Crippen molar-refractivity contribution in [3.63, 3.8) is 0 Å². The molecule has 1 N–H and O–H groups in total. The highest BCUT2D eigenvalue weighted by Crippen LogP contribution is 2.22. The predicted molar refractivity (Wildman–Crippen MR) is 62.4 cm³/mol. The standard InChI is InChI=1S/C10H12ClNO2S/c1-12(6-2-3-10(13)14)7-8-4-5-9(11)15-8/h2-5H,6-7H2,1H3,(H,13,14). The molecule has 0 atom stereocenters. The average Bonchev–Trinajstić information content (AvgIpc) is 2.50. The lowest BCUT2D eigenvalue weighted by Crippen LogP contribution is -2.17. The molecule has 1 heterocycles. The van der Waals surface area contributed by atoms with Crippen molar-refractivity contribution in [2.45, 2.75) is 6.54 Å². The molecule has 0 aliphatic carbocycles. The maximum atomic E-state index is 10.2. The second kappa shape index (κ2) is 5.90. The molecule has 0 bridgehead atoms. The van der Waals surface area contributed by atoms with Crippen molar-refractivity contribution in [2.24, 2.45) is 0 Å². The fourth-order valence-electron chi connectivity index (χ4n) is 1.10. The SMILES string of the molecule is CN(CC=CC(=O)O)Cc1ccc(Cl)s1. The van der Waals surface area contributed by atoms with E-state index < -0.39 is 5.97 Å². The van der Waals surface area contributed by atoms with Crippen LogP contribution in [0.15, 0.2) is 24.3 Å². The molecule has 0 aromatic carbocycles. The second-order valence-corrected chi connectivity index (χ2v) is 4.94. The first-order valence-electron chi connectivity index (χ1n) is 4.40. The molecule has 15 heavy (non-hydrogen) atoms. The minimum absolute atomic E-state index is 0.613. The summed E-state index contributed by atoms with van der Waals surface area (Å²) in [5.41, 5.74) is 0. The molecule has 1 aromatic heterocycles. The van der Waals surface area contributed by atoms with Crippen molar-refractivity contribution >= 4 is 28.9 Å². The Balaban J connectivity index is 2.36. The number of likely N-dealkylation sites (N-methyl/N-ethyl adjacent to an activating group) is 1. The summed E-state index contributed by atoms with van der Waals surface area (Å²) in [4.78, 5) is 13.4. The molecule has 0 amide bonds. The summed E-state index contributed by atoms with van der Waals surface area (Å²) in [6.07, 6.45) is 2.77. The Labute approximate surface area is 97.6 Å². The molecule has 0 aliphatic rings. The number of carboxylic acids is 1. The topological polar surface area (TPSA) is 40.5 Å². The van der Waals surface area contributed by atoms with E-state index in [1.165, 1.54) is 16.2 Å². The fraction of sp³-hybridized carbons (Fsp3) is 0.300. The van der Waals surface area contributed by atoms with Gasteiger partial charge in [0, 0.05) is 24.0 Å². The molecule has 0 saturated carbocycles. The molecule has 0 spiro atoms. The number of halogens is 1. The van der Waals surface area contributed by atoms with Crippen LogP contribution in [0.3, 0.4) is 0 Å². The molecule has 1 aromatic rings. The van der Waals surface area contributed by atoms with Gasteiger partial charge in [0.2, 0.25) is 0 Å². The minimum atomic E-state index is -0.914. The van der Waals surface area contributed by atoms with Gasteiger partial charge in [-0.25, -0.2) is 4.79 Å². The fourth-order valence-corrected chi connectivity index (χ4v) is 2.27. The zero-order valence-corrected chi connectivity index (χ0v) is 9.88. The summed E-state index contributed by atoms with van der Waals surface area (Å²) in [6, 6.07) is 3.84. The van der Waals surface area contributed by atoms with Gasteiger partial charge in [0.15, 0.2) is 0 Å². The number of aliphatic carboxylic acids is 1. The van der Waals surface area contributed by atoms with Crippen LogP contribution in [0, 0.1) is 0 Å². The zero-order chi connectivity index (χ0) is 11.3. The number of rotatable bonds is 5. The Morgan fingerprint density at radius 3 is 2.93 bits per heavy atom. The molecule has 0 radical (unpaired) electrons. The summed E-state index contributed by atoms with van der Waals surface area (Å²) in [5.74, 6) is -0.914. The van der Waals surface area contributed by atoms with E-state index >= 15 is 0 Å². The minimum Gasteiger partial charge on any atom is -0.478 e. The molecule has 82 valence electrons. The van der Waals surface area contributed by atoms with Gasteiger partial charge in [-0.15, -0.1) is 11.3 Å². The van der Waals surface area contributed by atoms with E-state index in [2.05, 4.69) is 0 Å². The lowest BCUT2D eigenvalue weighted by Gasteiger charge is -2.12. The molecule has 3 nitrogen and oxygen atoms in total. The van der Waals surface area contributed by atoms with Gasteiger partial charge in [-0.05, 0) is 19.2 Å². The highest BCUT2D eigenvalue weighted by atomic mass is 35.5. The van der Waals surface area contributed by atoms with E-state index in [1.54, 1.807) is 6.08 Å². The van der Waals surface area contributed by atoms with Crippen molar-refractivity contribution in [3.8, 4) is 0 Å². The van der Waals surface area contributed by atoms with Crippen LogP contribution in [0.1, 0.15) is 4.88 Å². The first-order valence-corrected chi connectivity index (χ1v) is 5.59. The Morgan fingerprint density at radius 1 is 1.67 bits per heavy atom. The van der Waals surface area contributed by atoms with E-state index in [0.29, 0.717) is 6.54 Å². The third-order valence-electron chi connectivity index (χ3n) is 1.73. The number of nitrogens with zero attached hydrogens (tertiary/aromatic N) is 1. The third-order valence-corrected chi connectivity index (χ3v) is 2.95. The van der Waals surface area contributed by atoms with Crippen LogP contribution in [0.25, 0.3) is 0 Å². The normalized spacial score (nSPS) is 11.4. The van der Waals surface area contributed by atoms with Gasteiger partial charge in [-0.3, -0.25) is 4.90 Å². The van der Waals surface area contributed by atoms with Crippen molar-refractivity contribution in [2.75, 3.05) is 13.6 Å². The molecule has 0 unspecified atom stereocenters. The Hall–Kier alpha value is -0.840. The van der Waals surface area contributed by atoms with Crippen molar-refractivity contribution in [3.05, 3.63) is 33.5 Å². The predicted octanol–water partition coefficient (Wildman–Crippen LogP) is 2.47. The number of thiophene rings is 1. The lowest BCUT2D eigenvalue weighted by atomic mass is 10.4. The highest BCUT2D eigenvalue weighted by molar-refractivity contribution is 7.16. The second-order valence-electron chi connectivity index (χ2n) is 3.14. The largest absolute Gasteiger partial charge is 0.478 e. The van der Waals surface area contributed by atoms with Crippen LogP contribution in [0.5, 0.6) is 0 Å². The zero-order valence-electron chi connectivity index (χ0n) is 8.31. The maximum Gasteiger partial charge on any atom is 0.328 e. The van der Waals surface area contributed by atoms with E-state index in [0.717, 1.165) is 17.0 Å². The van der Waals surface area contributed by atoms with Crippen LogP contribution >= 0.6 is 22.9 Å². The first kappa shape index (κ1) is 12.2. The first-order chi connectivity index (χ1) is 7.08. The monoisotopic (exact) mass is 245 g/mol. The molecule has 0 saturated heterocycles. The van der Waals surface area contributed by atoms with Gasteiger partial charge >= 0.3 is 5.97 Å². The van der Waals surface area contributed by atoms with E-state index in [-0.39, 0.29) is 0 Å². The van der Waals surface area contributed by atoms with Crippen LogP contribution < -0.4 is 0 Å². The highest BCUT2D eigenvalue weighted by Gasteiger charge is 2.01. The van der Waals surface area contributed by atoms with E-state index in [9.17, 15) is 4.79 Å². The van der Waals surface area contributed by atoms with Gasteiger partial charge in [-0.1, -0.05) is 17.7 Å². The van der Waals surface area contributed by atoms with Gasteiger partial charge in [-0.2, -0.15) is 0 Å². The molecule has 1 rings (SSSR count). The average molecular weight is 246 g/mol. The van der Waals surface area contributed by atoms with E-state index in [1.807, 2.05) is 24.1 Å². The third kappa shape index (κ3) is 4.97. The summed E-state index contributed by atoms with van der Waals surface area (Å²) in [7, 11) is 1.93. The van der Waals surface area contributed by atoms with E-state index in [4.69, 9.17) is 16.7 Å². The maximum absolute atomic E-state index is 10.2. The van der Waals surface area contributed by atoms with Crippen LogP contribution in [0.4, 0.5) is 0 Å². The smallest absolute Gasteiger partial charge is 0.328 e. The van der Waals surface area contributed by atoms with Crippen LogP contribution in [-0.4, -0.2) is 29.6 Å². The van der Waals surface area contributed by atoms with Crippen LogP contribution in [-0.2, 0) is 11.3 Å². The quantitative estimate of drug-likeness (QED) is 0.811. The Morgan fingerprint density at radius 2 is 2.40 bits per heavy atom. The summed E-state index contributed by atoms with van der Waals surface area (Å²) >= 11 is 7.34. The van der Waals surface area contributed by atoms with Gasteiger partial charge in [0.05, 0.1) is 4.34 Å². The molecule has 0 aliphatic heterocycles. The van der Waals surface area contributed by atoms with Gasteiger partial charge in [0.25, 0.3) is 0 Å². The molecular weight excluding hydrogens is 234 g/mol. The number of hydrogen-bond donors (Lipinski definition) is 1. The Bertz CT molecular complexity index is 362. The molecule has 0 fully saturated rings. The number of carbonyl (C=O) groups is 1. The van der Waals surface area contributed by atoms with Crippen molar-refractivity contribution in [1.82, 2.24) is 4.90 Å². The van der Waals surface area contributed by atoms with Gasteiger partial charge in [0.1, 0.15) is 0 Å². The summed E-state index contributed by atoms with van der Waals surface area (Å²) in [6.45, 7) is 1.39. The van der Waals surface area contributed by atoms with Crippen molar-refractivity contribution in [1.29, 1.82) is 0 Å². The van der Waals surface area contributed by atoms with Gasteiger partial charge < -0.3 is 5.11 Å². The van der Waals surface area contributed by atoms with Crippen LogP contribution in [0.2, 0.25) is 4.34 Å². The summed E-state index contributed by atoms with van der Waals surface area (Å²) in [5, 5.41) is 8.40. The van der Waals surface area contributed by atoms with Crippen molar-refractivity contribution < 1.29 is 9.90 Å². The summed E-state index contributed by atoms with van der Waals surface area (Å²) < 4.78 is 0.777. The Kier molecular flexibility index (Phi) is 4.81. The lowest BCUT2D eigenvalue weighted by molar-refractivity contribution is -0.131. The number of hydrogen-bond acceptors (Lipinski definition) is 3. The number of carboxylic acid groups (broad SMARTS) is 1. The molecular formula is C10H12ClNO2S. The molecule has 5 heteroatoms.